The molecular formula is C11H18N6O. The first-order valence-corrected chi connectivity index (χ1v) is 6.28. The number of nitrogens with zero attached hydrogens (tertiary/aromatic N) is 4. The maximum absolute atomic E-state index is 11.5. The molecule has 98 valence electrons. The van der Waals surface area contributed by atoms with Crippen molar-refractivity contribution in [2.24, 2.45) is 0 Å². The fourth-order valence-corrected chi connectivity index (χ4v) is 2.62. The van der Waals surface area contributed by atoms with Crippen LogP contribution in [0, 0.1) is 0 Å². The number of aromatic nitrogens is 2. The second-order valence-electron chi connectivity index (χ2n) is 4.84. The molecule has 2 saturated heterocycles. The van der Waals surface area contributed by atoms with Crippen LogP contribution in [0.2, 0.25) is 0 Å². The quantitative estimate of drug-likeness (QED) is 0.734. The Morgan fingerprint density at radius 2 is 2.33 bits per heavy atom. The number of nitrogens with one attached hydrogen (secondary N) is 1. The van der Waals surface area contributed by atoms with Gasteiger partial charge in [0.15, 0.2) is 0 Å². The number of amides is 2. The number of anilines is 1. The first-order chi connectivity index (χ1) is 8.72. The summed E-state index contributed by atoms with van der Waals surface area (Å²) >= 11 is 0. The fourth-order valence-electron chi connectivity index (χ4n) is 2.62. The highest BCUT2D eigenvalue weighted by Gasteiger charge is 2.35. The summed E-state index contributed by atoms with van der Waals surface area (Å²) < 4.78 is 1.86. The summed E-state index contributed by atoms with van der Waals surface area (Å²) in [4.78, 5) is 15.8. The highest BCUT2D eigenvalue weighted by atomic mass is 16.2. The summed E-state index contributed by atoms with van der Waals surface area (Å²) in [5.74, 6) is 0.561. The largest absolute Gasteiger partial charge is 0.382 e. The van der Waals surface area contributed by atoms with Gasteiger partial charge in [-0.1, -0.05) is 0 Å². The number of hydrogen-bond donors (Lipinski definition) is 2. The highest BCUT2D eigenvalue weighted by Crippen LogP contribution is 2.13. The number of nitrogens with two attached hydrogens (primary N) is 1. The van der Waals surface area contributed by atoms with Gasteiger partial charge in [0, 0.05) is 38.9 Å². The van der Waals surface area contributed by atoms with Crippen LogP contribution in [0.5, 0.6) is 0 Å². The van der Waals surface area contributed by atoms with Crippen LogP contribution in [0.25, 0.3) is 0 Å². The van der Waals surface area contributed by atoms with E-state index in [2.05, 4.69) is 15.3 Å². The molecule has 0 spiro atoms. The molecule has 18 heavy (non-hydrogen) atoms. The van der Waals surface area contributed by atoms with Crippen molar-refractivity contribution in [1.82, 2.24) is 24.9 Å². The molecule has 2 amide bonds. The molecule has 7 nitrogen and oxygen atoms in total. The van der Waals surface area contributed by atoms with Crippen molar-refractivity contribution in [3.8, 4) is 0 Å². The van der Waals surface area contributed by atoms with E-state index in [-0.39, 0.29) is 6.03 Å². The number of hydrogen-bond acceptors (Lipinski definition) is 4. The average molecular weight is 250 g/mol. The van der Waals surface area contributed by atoms with E-state index in [9.17, 15) is 4.79 Å². The van der Waals surface area contributed by atoms with E-state index >= 15 is 0 Å². The van der Waals surface area contributed by atoms with Crippen LogP contribution >= 0.6 is 0 Å². The van der Waals surface area contributed by atoms with Crippen LogP contribution in [-0.2, 0) is 6.54 Å². The van der Waals surface area contributed by atoms with E-state index in [0.29, 0.717) is 11.9 Å². The minimum atomic E-state index is 0.0829. The van der Waals surface area contributed by atoms with Crippen molar-refractivity contribution in [2.75, 3.05) is 38.5 Å². The third kappa shape index (κ3) is 2.13. The third-order valence-electron chi connectivity index (χ3n) is 3.62. The lowest BCUT2D eigenvalue weighted by Crippen LogP contribution is -2.52. The lowest BCUT2D eigenvalue weighted by atomic mass is 10.2. The molecule has 0 aliphatic carbocycles. The topological polar surface area (TPSA) is 79.4 Å². The first kappa shape index (κ1) is 11.3. The van der Waals surface area contributed by atoms with Gasteiger partial charge >= 0.3 is 6.03 Å². The molecule has 0 aromatic carbocycles. The first-order valence-electron chi connectivity index (χ1n) is 6.28. The Bertz CT molecular complexity index is 444. The summed E-state index contributed by atoms with van der Waals surface area (Å²) in [7, 11) is 0. The van der Waals surface area contributed by atoms with Gasteiger partial charge in [-0.15, -0.1) is 0 Å². The smallest absolute Gasteiger partial charge is 0.317 e. The fraction of sp³-hybridized carbons (Fsp3) is 0.636. The van der Waals surface area contributed by atoms with Gasteiger partial charge in [-0.2, -0.15) is 5.10 Å². The summed E-state index contributed by atoms with van der Waals surface area (Å²) in [5.41, 5.74) is 5.57. The molecule has 1 atom stereocenters. The SMILES string of the molecule is Nc1ccn(CCN2CCN3C(=O)NCC3C2)n1. The molecular weight excluding hydrogens is 232 g/mol. The maximum Gasteiger partial charge on any atom is 0.317 e. The minimum Gasteiger partial charge on any atom is -0.382 e. The van der Waals surface area contributed by atoms with Gasteiger partial charge in [0.1, 0.15) is 5.82 Å². The molecule has 0 saturated carbocycles. The molecule has 1 unspecified atom stereocenters. The molecule has 2 aliphatic rings. The van der Waals surface area contributed by atoms with Crippen LogP contribution < -0.4 is 11.1 Å². The van der Waals surface area contributed by atoms with Gasteiger partial charge in [-0.25, -0.2) is 4.79 Å². The van der Waals surface area contributed by atoms with Gasteiger partial charge in [0.25, 0.3) is 0 Å². The zero-order valence-electron chi connectivity index (χ0n) is 10.2. The van der Waals surface area contributed by atoms with Crippen molar-refractivity contribution in [3.63, 3.8) is 0 Å². The van der Waals surface area contributed by atoms with Crippen molar-refractivity contribution >= 4 is 11.8 Å². The maximum atomic E-state index is 11.5. The molecule has 2 aliphatic heterocycles. The third-order valence-corrected chi connectivity index (χ3v) is 3.62. The van der Waals surface area contributed by atoms with Crippen molar-refractivity contribution in [1.29, 1.82) is 0 Å². The molecule has 0 radical (unpaired) electrons. The van der Waals surface area contributed by atoms with E-state index in [1.807, 2.05) is 15.8 Å². The Labute approximate surface area is 106 Å². The summed E-state index contributed by atoms with van der Waals surface area (Å²) in [5, 5.41) is 7.05. The van der Waals surface area contributed by atoms with Crippen molar-refractivity contribution in [3.05, 3.63) is 12.3 Å². The zero-order chi connectivity index (χ0) is 12.5. The molecule has 7 heteroatoms. The Morgan fingerprint density at radius 1 is 1.44 bits per heavy atom. The summed E-state index contributed by atoms with van der Waals surface area (Å²) in [6.07, 6.45) is 1.90. The number of carbonyl (C=O) groups excluding carboxylic acids is 1. The Morgan fingerprint density at radius 3 is 3.11 bits per heavy atom. The molecule has 1 aromatic heterocycles. The van der Waals surface area contributed by atoms with E-state index in [1.54, 1.807) is 6.07 Å². The van der Waals surface area contributed by atoms with E-state index in [0.717, 1.165) is 39.3 Å². The monoisotopic (exact) mass is 250 g/mol. The van der Waals surface area contributed by atoms with E-state index in [4.69, 9.17) is 5.73 Å². The molecule has 1 aromatic rings. The van der Waals surface area contributed by atoms with Gasteiger partial charge < -0.3 is 16.0 Å². The second kappa shape index (κ2) is 4.49. The molecule has 3 rings (SSSR count). The molecule has 0 bridgehead atoms. The predicted molar refractivity (Wildman–Crippen MR) is 67.0 cm³/mol. The highest BCUT2D eigenvalue weighted by molar-refractivity contribution is 5.77. The lowest BCUT2D eigenvalue weighted by Gasteiger charge is -2.36. The number of rotatable bonds is 3. The molecule has 3 N–H and O–H groups in total. The number of urea groups is 1. The lowest BCUT2D eigenvalue weighted by molar-refractivity contribution is 0.118. The van der Waals surface area contributed by atoms with Gasteiger partial charge in [0.2, 0.25) is 0 Å². The minimum absolute atomic E-state index is 0.0829. The van der Waals surface area contributed by atoms with Crippen LogP contribution in [0.15, 0.2) is 12.3 Å². The number of nitrogen functional groups attached to an aromatic ring is 1. The van der Waals surface area contributed by atoms with Crippen LogP contribution in [-0.4, -0.2) is 64.4 Å². The zero-order valence-corrected chi connectivity index (χ0v) is 10.2. The van der Waals surface area contributed by atoms with Crippen LogP contribution in [0.3, 0.4) is 0 Å². The molecule has 2 fully saturated rings. The summed E-state index contributed by atoms with van der Waals surface area (Å²) in [6, 6.07) is 2.21. The number of carbonyl (C=O) groups is 1. The van der Waals surface area contributed by atoms with Crippen LogP contribution in [0.1, 0.15) is 0 Å². The molecule has 3 heterocycles. The van der Waals surface area contributed by atoms with E-state index < -0.39 is 0 Å². The van der Waals surface area contributed by atoms with Gasteiger partial charge in [-0.05, 0) is 6.07 Å². The Hall–Kier alpha value is -1.76. The normalized spacial score (nSPS) is 24.1. The Balaban J connectivity index is 1.51. The van der Waals surface area contributed by atoms with Crippen molar-refractivity contribution in [2.45, 2.75) is 12.6 Å². The van der Waals surface area contributed by atoms with Gasteiger partial charge in [-0.3, -0.25) is 9.58 Å². The average Bonchev–Trinajstić information content (AvgIpc) is 2.94. The predicted octanol–water partition coefficient (Wildman–Crippen LogP) is -0.825. The Kier molecular flexibility index (Phi) is 2.83. The number of piperazine rings is 1. The summed E-state index contributed by atoms with van der Waals surface area (Å²) in [6.45, 7) is 5.24. The standard InChI is InChI=1S/C11H18N6O/c12-10-1-2-16(14-10)5-3-15-4-6-17-9(8-15)7-13-11(17)18/h1-2,9H,3-8H2,(H2,12,14)(H,13,18). The second-order valence-corrected chi connectivity index (χ2v) is 4.84. The van der Waals surface area contributed by atoms with Gasteiger partial charge in [0.05, 0.1) is 12.6 Å². The van der Waals surface area contributed by atoms with E-state index in [1.165, 1.54) is 0 Å². The number of fused-ring (bicyclic) bond motifs is 1. The van der Waals surface area contributed by atoms with Crippen molar-refractivity contribution < 1.29 is 4.79 Å². The van der Waals surface area contributed by atoms with Crippen LogP contribution in [0.4, 0.5) is 10.6 Å².